The number of carbonyl (C=O) groups is 1. The van der Waals surface area contributed by atoms with E-state index in [1.807, 2.05) is 18.3 Å². The smallest absolute Gasteiger partial charge is 0.130 e. The first-order valence-electron chi connectivity index (χ1n) is 6.69. The normalized spacial score (nSPS) is 15.8. The van der Waals surface area contributed by atoms with E-state index in [2.05, 4.69) is 9.97 Å². The lowest BCUT2D eigenvalue weighted by Crippen LogP contribution is -2.05. The summed E-state index contributed by atoms with van der Waals surface area (Å²) in [5.41, 5.74) is 2.32. The Morgan fingerprint density at radius 2 is 2.26 bits per heavy atom. The van der Waals surface area contributed by atoms with Gasteiger partial charge in [0.25, 0.3) is 0 Å². The molecule has 0 amide bonds. The molecule has 1 aliphatic carbocycles. The number of fused-ring (bicyclic) bond motifs is 1. The van der Waals surface area contributed by atoms with Gasteiger partial charge in [0.1, 0.15) is 11.3 Å². The summed E-state index contributed by atoms with van der Waals surface area (Å²) >= 11 is 1.72. The molecule has 1 atom stereocenters. The van der Waals surface area contributed by atoms with E-state index in [9.17, 15) is 4.79 Å². The highest BCUT2D eigenvalue weighted by atomic mass is 32.1. The van der Waals surface area contributed by atoms with Crippen molar-refractivity contribution in [1.29, 1.82) is 0 Å². The van der Waals surface area contributed by atoms with Gasteiger partial charge in [-0.15, -0.1) is 11.3 Å². The fraction of sp³-hybridized carbons (Fsp3) is 0.400. The standard InChI is InChI=1S/C15H16N2OS/c18-10-12(8-11-4-3-7-16-9-11)15-17-13-5-1-2-6-14(13)19-15/h3-4,7,9-10,12H,1-2,5-6,8H2. The van der Waals surface area contributed by atoms with Crippen molar-refractivity contribution in [3.63, 3.8) is 0 Å². The van der Waals surface area contributed by atoms with Crippen LogP contribution in [0.1, 0.15) is 39.9 Å². The number of hydrogen-bond acceptors (Lipinski definition) is 4. The van der Waals surface area contributed by atoms with Crippen LogP contribution >= 0.6 is 11.3 Å². The molecule has 1 unspecified atom stereocenters. The zero-order valence-electron chi connectivity index (χ0n) is 10.7. The van der Waals surface area contributed by atoms with Crippen LogP contribution in [0, 0.1) is 0 Å². The van der Waals surface area contributed by atoms with Crippen LogP contribution < -0.4 is 0 Å². The number of aromatic nitrogens is 2. The molecule has 98 valence electrons. The highest BCUT2D eigenvalue weighted by molar-refractivity contribution is 7.12. The highest BCUT2D eigenvalue weighted by Crippen LogP contribution is 2.31. The summed E-state index contributed by atoms with van der Waals surface area (Å²) in [7, 11) is 0. The summed E-state index contributed by atoms with van der Waals surface area (Å²) in [6, 6.07) is 3.92. The summed E-state index contributed by atoms with van der Waals surface area (Å²) in [5, 5.41) is 0.978. The predicted octanol–water partition coefficient (Wildman–Crippen LogP) is 2.94. The SMILES string of the molecule is O=CC(Cc1cccnc1)c1nc2c(s1)CCCC2. The van der Waals surface area contributed by atoms with Crippen LogP contribution in [0.25, 0.3) is 0 Å². The summed E-state index contributed by atoms with van der Waals surface area (Å²) in [5.74, 6) is -0.125. The van der Waals surface area contributed by atoms with E-state index in [0.29, 0.717) is 6.42 Å². The van der Waals surface area contributed by atoms with Gasteiger partial charge in [-0.25, -0.2) is 4.98 Å². The Bertz CT molecular complexity index is 541. The average Bonchev–Trinajstić information content (AvgIpc) is 2.89. The number of rotatable bonds is 4. The lowest BCUT2D eigenvalue weighted by Gasteiger charge is -2.07. The zero-order valence-corrected chi connectivity index (χ0v) is 11.5. The topological polar surface area (TPSA) is 42.9 Å². The van der Waals surface area contributed by atoms with Gasteiger partial charge >= 0.3 is 0 Å². The molecular weight excluding hydrogens is 256 g/mol. The Morgan fingerprint density at radius 1 is 1.37 bits per heavy atom. The number of aryl methyl sites for hydroxylation is 2. The molecule has 1 aliphatic rings. The first kappa shape index (κ1) is 12.5. The van der Waals surface area contributed by atoms with E-state index in [4.69, 9.17) is 0 Å². The van der Waals surface area contributed by atoms with Gasteiger partial charge in [-0.1, -0.05) is 6.07 Å². The summed E-state index contributed by atoms with van der Waals surface area (Å²) in [6.45, 7) is 0. The zero-order chi connectivity index (χ0) is 13.1. The molecular formula is C15H16N2OS. The molecule has 0 saturated heterocycles. The molecule has 0 saturated carbocycles. The molecule has 19 heavy (non-hydrogen) atoms. The Hall–Kier alpha value is -1.55. The van der Waals surface area contributed by atoms with Crippen LogP contribution in [0.4, 0.5) is 0 Å². The predicted molar refractivity (Wildman–Crippen MR) is 75.5 cm³/mol. The highest BCUT2D eigenvalue weighted by Gasteiger charge is 2.21. The van der Waals surface area contributed by atoms with E-state index in [1.54, 1.807) is 17.5 Å². The second-order valence-corrected chi connectivity index (χ2v) is 6.05. The number of thiazole rings is 1. The molecule has 2 aromatic rings. The molecule has 0 radical (unpaired) electrons. The monoisotopic (exact) mass is 272 g/mol. The van der Waals surface area contributed by atoms with E-state index in [1.165, 1.54) is 23.4 Å². The van der Waals surface area contributed by atoms with Crippen LogP contribution in [-0.2, 0) is 24.1 Å². The molecule has 0 fully saturated rings. The number of aldehydes is 1. The van der Waals surface area contributed by atoms with E-state index < -0.39 is 0 Å². The molecule has 2 aromatic heterocycles. The molecule has 0 bridgehead atoms. The number of hydrogen-bond donors (Lipinski definition) is 0. The Balaban J connectivity index is 1.82. The third-order valence-corrected chi connectivity index (χ3v) is 4.81. The molecule has 3 rings (SSSR count). The van der Waals surface area contributed by atoms with E-state index in [0.717, 1.165) is 29.7 Å². The van der Waals surface area contributed by atoms with Gasteiger partial charge in [-0.05, 0) is 43.7 Å². The fourth-order valence-electron chi connectivity index (χ4n) is 2.50. The molecule has 0 N–H and O–H groups in total. The van der Waals surface area contributed by atoms with Gasteiger partial charge in [0, 0.05) is 17.3 Å². The van der Waals surface area contributed by atoms with Crippen LogP contribution in [0.15, 0.2) is 24.5 Å². The van der Waals surface area contributed by atoms with Gasteiger partial charge in [0.05, 0.1) is 11.6 Å². The lowest BCUT2D eigenvalue weighted by molar-refractivity contribution is -0.109. The van der Waals surface area contributed by atoms with Gasteiger partial charge in [-0.2, -0.15) is 0 Å². The van der Waals surface area contributed by atoms with Crippen LogP contribution in [-0.4, -0.2) is 16.3 Å². The maximum absolute atomic E-state index is 11.4. The molecule has 3 nitrogen and oxygen atoms in total. The van der Waals surface area contributed by atoms with Gasteiger partial charge in [0.15, 0.2) is 0 Å². The fourth-order valence-corrected chi connectivity index (χ4v) is 3.71. The average molecular weight is 272 g/mol. The Labute approximate surface area is 116 Å². The minimum atomic E-state index is -0.125. The van der Waals surface area contributed by atoms with Crippen molar-refractivity contribution in [2.45, 2.75) is 38.0 Å². The van der Waals surface area contributed by atoms with E-state index >= 15 is 0 Å². The Kier molecular flexibility index (Phi) is 3.69. The van der Waals surface area contributed by atoms with Crippen molar-refractivity contribution in [1.82, 2.24) is 9.97 Å². The molecule has 4 heteroatoms. The van der Waals surface area contributed by atoms with Crippen LogP contribution in [0.3, 0.4) is 0 Å². The largest absolute Gasteiger partial charge is 0.303 e. The first-order chi connectivity index (χ1) is 9.36. The minimum Gasteiger partial charge on any atom is -0.303 e. The van der Waals surface area contributed by atoms with Crippen molar-refractivity contribution in [3.05, 3.63) is 45.7 Å². The van der Waals surface area contributed by atoms with Gasteiger partial charge in [-0.3, -0.25) is 4.98 Å². The third-order valence-electron chi connectivity index (χ3n) is 3.52. The second kappa shape index (κ2) is 5.61. The minimum absolute atomic E-state index is 0.125. The number of pyridine rings is 1. The quantitative estimate of drug-likeness (QED) is 0.804. The van der Waals surface area contributed by atoms with Crippen molar-refractivity contribution in [2.75, 3.05) is 0 Å². The summed E-state index contributed by atoms with van der Waals surface area (Å²) < 4.78 is 0. The van der Waals surface area contributed by atoms with Crippen molar-refractivity contribution >= 4 is 17.6 Å². The van der Waals surface area contributed by atoms with Crippen molar-refractivity contribution in [3.8, 4) is 0 Å². The Morgan fingerprint density at radius 3 is 3.00 bits per heavy atom. The van der Waals surface area contributed by atoms with Crippen molar-refractivity contribution in [2.24, 2.45) is 0 Å². The maximum Gasteiger partial charge on any atom is 0.130 e. The van der Waals surface area contributed by atoms with Crippen molar-refractivity contribution < 1.29 is 4.79 Å². The summed E-state index contributed by atoms with van der Waals surface area (Å²) in [4.78, 5) is 21.5. The first-order valence-corrected chi connectivity index (χ1v) is 7.51. The molecule has 0 spiro atoms. The van der Waals surface area contributed by atoms with Crippen LogP contribution in [0.5, 0.6) is 0 Å². The second-order valence-electron chi connectivity index (χ2n) is 4.94. The van der Waals surface area contributed by atoms with Gasteiger partial charge in [0.2, 0.25) is 0 Å². The number of carbonyl (C=O) groups excluding carboxylic acids is 1. The molecule has 0 aromatic carbocycles. The third kappa shape index (κ3) is 2.73. The summed E-state index contributed by atoms with van der Waals surface area (Å²) in [6.07, 6.45) is 9.98. The number of nitrogens with zero attached hydrogens (tertiary/aromatic N) is 2. The van der Waals surface area contributed by atoms with E-state index in [-0.39, 0.29) is 5.92 Å². The lowest BCUT2D eigenvalue weighted by atomic mass is 10.0. The molecule has 0 aliphatic heterocycles. The molecule has 2 heterocycles. The maximum atomic E-state index is 11.4. The van der Waals surface area contributed by atoms with Crippen LogP contribution in [0.2, 0.25) is 0 Å². The van der Waals surface area contributed by atoms with Gasteiger partial charge < -0.3 is 4.79 Å².